The number of carbonyl (C=O) groups excluding carboxylic acids is 1. The van der Waals surface area contributed by atoms with Crippen LogP contribution in [0.4, 0.5) is 5.69 Å². The average Bonchev–Trinajstić information content (AvgIpc) is 3.01. The Morgan fingerprint density at radius 1 is 1.59 bits per heavy atom. The van der Waals surface area contributed by atoms with Crippen LogP contribution in [0.5, 0.6) is 0 Å². The van der Waals surface area contributed by atoms with E-state index in [1.807, 2.05) is 0 Å². The van der Waals surface area contributed by atoms with Crippen LogP contribution in [0.2, 0.25) is 0 Å². The molecule has 17 heavy (non-hydrogen) atoms. The molecule has 3 N–H and O–H groups in total. The number of nitrogen functional groups attached to an aromatic ring is 1. The van der Waals surface area contributed by atoms with E-state index in [2.05, 4.69) is 28.2 Å². The van der Waals surface area contributed by atoms with Crippen molar-refractivity contribution in [2.45, 2.75) is 32.2 Å². The Labute approximate surface area is 110 Å². The van der Waals surface area contributed by atoms with E-state index in [1.54, 1.807) is 18.2 Å². The van der Waals surface area contributed by atoms with Crippen molar-refractivity contribution >= 4 is 27.5 Å². The second-order valence-electron chi connectivity index (χ2n) is 4.57. The highest BCUT2D eigenvalue weighted by atomic mass is 79.9. The van der Waals surface area contributed by atoms with Crippen molar-refractivity contribution in [3.8, 4) is 0 Å². The first kappa shape index (κ1) is 12.4. The van der Waals surface area contributed by atoms with Gasteiger partial charge < -0.3 is 11.1 Å². The smallest absolute Gasteiger partial charge is 0.252 e. The summed E-state index contributed by atoms with van der Waals surface area (Å²) in [5, 5.41) is 3.05. The summed E-state index contributed by atoms with van der Waals surface area (Å²) in [6, 6.07) is 5.71. The first-order valence-electron chi connectivity index (χ1n) is 5.98. The predicted octanol–water partition coefficient (Wildman–Crippen LogP) is 2.95. The molecular formula is C13H17BrN2O. The largest absolute Gasteiger partial charge is 0.398 e. The van der Waals surface area contributed by atoms with Gasteiger partial charge >= 0.3 is 0 Å². The Balaban J connectivity index is 1.99. The minimum atomic E-state index is -0.0345. The molecule has 0 heterocycles. The van der Waals surface area contributed by atoms with Crippen LogP contribution in [0.15, 0.2) is 22.7 Å². The molecule has 1 aliphatic carbocycles. The number of hydrogen-bond donors (Lipinski definition) is 2. The maximum atomic E-state index is 12.0. The quantitative estimate of drug-likeness (QED) is 0.840. The zero-order chi connectivity index (χ0) is 12.4. The van der Waals surface area contributed by atoms with Crippen LogP contribution in [0.25, 0.3) is 0 Å². The second kappa shape index (κ2) is 5.08. The van der Waals surface area contributed by atoms with E-state index in [9.17, 15) is 4.79 Å². The van der Waals surface area contributed by atoms with Crippen LogP contribution in [0, 0.1) is 5.92 Å². The van der Waals surface area contributed by atoms with Crippen LogP contribution in [0.1, 0.15) is 36.5 Å². The molecular weight excluding hydrogens is 280 g/mol. The van der Waals surface area contributed by atoms with Gasteiger partial charge in [-0.2, -0.15) is 0 Å². The number of nitrogens with two attached hydrogens (primary N) is 1. The molecule has 2 unspecified atom stereocenters. The molecule has 2 rings (SSSR count). The summed E-state index contributed by atoms with van der Waals surface area (Å²) < 4.78 is 0.685. The Hall–Kier alpha value is -1.03. The van der Waals surface area contributed by atoms with Crippen molar-refractivity contribution in [2.75, 3.05) is 5.73 Å². The lowest BCUT2D eigenvalue weighted by molar-refractivity contribution is 0.0948. The van der Waals surface area contributed by atoms with Gasteiger partial charge in [-0.25, -0.2) is 0 Å². The van der Waals surface area contributed by atoms with E-state index in [1.165, 1.54) is 12.8 Å². The number of hydrogen-bond acceptors (Lipinski definition) is 2. The molecule has 0 aliphatic heterocycles. The van der Waals surface area contributed by atoms with E-state index in [0.717, 1.165) is 6.42 Å². The van der Waals surface area contributed by atoms with Gasteiger partial charge in [0.25, 0.3) is 5.91 Å². The first-order chi connectivity index (χ1) is 8.13. The van der Waals surface area contributed by atoms with Gasteiger partial charge in [0.2, 0.25) is 0 Å². The summed E-state index contributed by atoms with van der Waals surface area (Å²) in [4.78, 5) is 12.0. The fraction of sp³-hybridized carbons (Fsp3) is 0.462. The molecule has 1 aromatic rings. The maximum absolute atomic E-state index is 12.0. The van der Waals surface area contributed by atoms with Gasteiger partial charge in [-0.05, 0) is 46.8 Å². The standard InChI is InChI=1S/C13H17BrN2O/c1-2-4-8-7-11(8)16-13(17)9-5-3-6-10(15)12(9)14/h3,5-6,8,11H,2,4,7,15H2,1H3,(H,16,17). The van der Waals surface area contributed by atoms with Gasteiger partial charge in [0.05, 0.1) is 10.0 Å². The number of amides is 1. The zero-order valence-electron chi connectivity index (χ0n) is 9.87. The van der Waals surface area contributed by atoms with Gasteiger partial charge in [0, 0.05) is 11.7 Å². The summed E-state index contributed by atoms with van der Waals surface area (Å²) in [7, 11) is 0. The number of rotatable bonds is 4. The molecule has 2 atom stereocenters. The fourth-order valence-corrected chi connectivity index (χ4v) is 2.53. The summed E-state index contributed by atoms with van der Waals surface area (Å²) in [6.45, 7) is 2.17. The van der Waals surface area contributed by atoms with E-state index < -0.39 is 0 Å². The van der Waals surface area contributed by atoms with Gasteiger partial charge in [-0.3, -0.25) is 4.79 Å². The third-order valence-corrected chi connectivity index (χ3v) is 4.06. The van der Waals surface area contributed by atoms with Crippen molar-refractivity contribution in [1.82, 2.24) is 5.32 Å². The summed E-state index contributed by atoms with van der Waals surface area (Å²) >= 11 is 3.35. The number of benzene rings is 1. The number of halogens is 1. The number of carbonyl (C=O) groups is 1. The predicted molar refractivity (Wildman–Crippen MR) is 72.8 cm³/mol. The monoisotopic (exact) mass is 296 g/mol. The van der Waals surface area contributed by atoms with Crippen molar-refractivity contribution in [3.63, 3.8) is 0 Å². The van der Waals surface area contributed by atoms with Gasteiger partial charge in [-0.15, -0.1) is 0 Å². The third kappa shape index (κ3) is 2.80. The molecule has 0 bridgehead atoms. The third-order valence-electron chi connectivity index (χ3n) is 3.17. The molecule has 1 saturated carbocycles. The lowest BCUT2D eigenvalue weighted by atomic mass is 10.2. The van der Waals surface area contributed by atoms with Crippen molar-refractivity contribution in [1.29, 1.82) is 0 Å². The normalized spacial score (nSPS) is 22.2. The lowest BCUT2D eigenvalue weighted by Crippen LogP contribution is -2.27. The summed E-state index contributed by atoms with van der Waals surface area (Å²) in [6.07, 6.45) is 3.49. The SMILES string of the molecule is CCCC1CC1NC(=O)c1cccc(N)c1Br. The van der Waals surface area contributed by atoms with Crippen LogP contribution < -0.4 is 11.1 Å². The average molecular weight is 297 g/mol. The van der Waals surface area contributed by atoms with E-state index >= 15 is 0 Å². The first-order valence-corrected chi connectivity index (χ1v) is 6.77. The molecule has 92 valence electrons. The minimum absolute atomic E-state index is 0.0345. The fourth-order valence-electron chi connectivity index (χ4n) is 2.09. The maximum Gasteiger partial charge on any atom is 0.252 e. The van der Waals surface area contributed by atoms with Gasteiger partial charge in [0.15, 0.2) is 0 Å². The Bertz CT molecular complexity index is 433. The van der Waals surface area contributed by atoms with Crippen molar-refractivity contribution in [2.24, 2.45) is 5.92 Å². The molecule has 3 nitrogen and oxygen atoms in total. The van der Waals surface area contributed by atoms with Gasteiger partial charge in [-0.1, -0.05) is 19.4 Å². The van der Waals surface area contributed by atoms with E-state index in [0.29, 0.717) is 27.7 Å². The highest BCUT2D eigenvalue weighted by molar-refractivity contribution is 9.10. The molecule has 1 fully saturated rings. The molecule has 1 aromatic carbocycles. The molecule has 4 heteroatoms. The Morgan fingerprint density at radius 2 is 2.35 bits per heavy atom. The minimum Gasteiger partial charge on any atom is -0.398 e. The second-order valence-corrected chi connectivity index (χ2v) is 5.37. The Morgan fingerprint density at radius 3 is 3.06 bits per heavy atom. The number of nitrogens with one attached hydrogen (secondary N) is 1. The molecule has 0 saturated heterocycles. The topological polar surface area (TPSA) is 55.1 Å². The zero-order valence-corrected chi connectivity index (χ0v) is 11.5. The van der Waals surface area contributed by atoms with Crippen molar-refractivity contribution < 1.29 is 4.79 Å². The molecule has 0 radical (unpaired) electrons. The summed E-state index contributed by atoms with van der Waals surface area (Å²) in [5.41, 5.74) is 6.97. The number of anilines is 1. The van der Waals surface area contributed by atoms with Crippen molar-refractivity contribution in [3.05, 3.63) is 28.2 Å². The highest BCUT2D eigenvalue weighted by Crippen LogP contribution is 2.35. The van der Waals surface area contributed by atoms with Crippen LogP contribution >= 0.6 is 15.9 Å². The molecule has 0 aromatic heterocycles. The molecule has 1 amide bonds. The molecule has 0 spiro atoms. The van der Waals surface area contributed by atoms with Crippen LogP contribution in [-0.2, 0) is 0 Å². The van der Waals surface area contributed by atoms with E-state index in [-0.39, 0.29) is 5.91 Å². The van der Waals surface area contributed by atoms with Crippen LogP contribution in [0.3, 0.4) is 0 Å². The van der Waals surface area contributed by atoms with Gasteiger partial charge in [0.1, 0.15) is 0 Å². The summed E-state index contributed by atoms with van der Waals surface area (Å²) in [5.74, 6) is 0.636. The van der Waals surface area contributed by atoms with E-state index in [4.69, 9.17) is 5.73 Å². The highest BCUT2D eigenvalue weighted by Gasteiger charge is 2.37. The Kier molecular flexibility index (Phi) is 3.72. The lowest BCUT2D eigenvalue weighted by Gasteiger charge is -2.08. The molecule has 1 aliphatic rings. The van der Waals surface area contributed by atoms with Crippen LogP contribution in [-0.4, -0.2) is 11.9 Å².